The van der Waals surface area contributed by atoms with Gasteiger partial charge in [0.15, 0.2) is 0 Å². The normalized spacial score (nSPS) is 10.7. The molecule has 0 amide bonds. The van der Waals surface area contributed by atoms with E-state index in [9.17, 15) is 13.6 Å². The lowest BCUT2D eigenvalue weighted by molar-refractivity contribution is 0.565. The molecule has 1 aromatic heterocycles. The smallest absolute Gasteiger partial charge is 0.283 e. The lowest BCUT2D eigenvalue weighted by atomic mass is 10.2. The average Bonchev–Trinajstić information content (AvgIpc) is 2.46. The topological polar surface area (TPSA) is 46.9 Å². The van der Waals surface area contributed by atoms with Crippen LogP contribution in [0.5, 0.6) is 0 Å². The van der Waals surface area contributed by atoms with E-state index in [-0.39, 0.29) is 17.7 Å². The summed E-state index contributed by atoms with van der Waals surface area (Å²) in [5.41, 5.74) is 0.359. The molecule has 0 unspecified atom stereocenters. The van der Waals surface area contributed by atoms with Crippen molar-refractivity contribution in [1.29, 1.82) is 0 Å². The molecule has 0 spiro atoms. The fraction of sp³-hybridized carbons (Fsp3) is 0.286. The zero-order valence-electron chi connectivity index (χ0n) is 11.4. The van der Waals surface area contributed by atoms with E-state index < -0.39 is 11.6 Å². The molecule has 0 saturated heterocycles. The zero-order chi connectivity index (χ0) is 15.4. The standard InChI is InChI=1S/C14H14BrF2N3O/c1-2-5-20-14(21)13(15)12(8-19-20)18-7-9-6-10(16)3-4-11(9)17/h3-4,6,8,18H,2,5,7H2,1H3. The van der Waals surface area contributed by atoms with Crippen molar-refractivity contribution in [3.05, 3.63) is 56.4 Å². The van der Waals surface area contributed by atoms with Crippen LogP contribution >= 0.6 is 15.9 Å². The molecule has 0 radical (unpaired) electrons. The Bertz CT molecular complexity index is 703. The summed E-state index contributed by atoms with van der Waals surface area (Å²) in [7, 11) is 0. The van der Waals surface area contributed by atoms with Crippen LogP contribution in [0.3, 0.4) is 0 Å². The summed E-state index contributed by atoms with van der Waals surface area (Å²) >= 11 is 3.20. The van der Waals surface area contributed by atoms with Crippen molar-refractivity contribution in [1.82, 2.24) is 9.78 Å². The number of anilines is 1. The second kappa shape index (κ2) is 6.80. The third kappa shape index (κ3) is 3.66. The second-order valence-electron chi connectivity index (χ2n) is 4.49. The Labute approximate surface area is 128 Å². The average molecular weight is 358 g/mol. The fourth-order valence-electron chi connectivity index (χ4n) is 1.83. The van der Waals surface area contributed by atoms with Gasteiger partial charge >= 0.3 is 0 Å². The van der Waals surface area contributed by atoms with Gasteiger partial charge in [0.25, 0.3) is 5.56 Å². The molecule has 2 rings (SSSR count). The first-order chi connectivity index (χ1) is 10.0. The maximum absolute atomic E-state index is 13.5. The lowest BCUT2D eigenvalue weighted by Crippen LogP contribution is -2.24. The third-order valence-corrected chi connectivity index (χ3v) is 3.66. The monoisotopic (exact) mass is 357 g/mol. The number of nitrogens with zero attached hydrogens (tertiary/aromatic N) is 2. The molecule has 112 valence electrons. The molecule has 0 aliphatic carbocycles. The van der Waals surface area contributed by atoms with Gasteiger partial charge in [-0.15, -0.1) is 0 Å². The van der Waals surface area contributed by atoms with E-state index in [4.69, 9.17) is 0 Å². The summed E-state index contributed by atoms with van der Waals surface area (Å²) in [4.78, 5) is 12.0. The highest BCUT2D eigenvalue weighted by Gasteiger charge is 2.09. The van der Waals surface area contributed by atoms with Crippen LogP contribution in [0.4, 0.5) is 14.5 Å². The number of halogens is 3. The maximum Gasteiger partial charge on any atom is 0.283 e. The molecule has 21 heavy (non-hydrogen) atoms. The molecular formula is C14H14BrF2N3O. The van der Waals surface area contributed by atoms with E-state index in [1.54, 1.807) is 0 Å². The Morgan fingerprint density at radius 3 is 2.86 bits per heavy atom. The molecule has 1 heterocycles. The van der Waals surface area contributed by atoms with Gasteiger partial charge in [0.1, 0.15) is 16.1 Å². The molecule has 0 aliphatic rings. The summed E-state index contributed by atoms with van der Waals surface area (Å²) in [6, 6.07) is 3.24. The number of aryl methyl sites for hydroxylation is 1. The summed E-state index contributed by atoms with van der Waals surface area (Å²) in [5, 5.41) is 6.90. The van der Waals surface area contributed by atoms with Gasteiger partial charge in [-0.2, -0.15) is 5.10 Å². The van der Waals surface area contributed by atoms with Gasteiger partial charge < -0.3 is 5.32 Å². The number of benzene rings is 1. The van der Waals surface area contributed by atoms with Gasteiger partial charge in [-0.25, -0.2) is 13.5 Å². The van der Waals surface area contributed by atoms with Gasteiger partial charge in [-0.3, -0.25) is 4.79 Å². The van der Waals surface area contributed by atoms with Crippen molar-refractivity contribution in [2.75, 3.05) is 5.32 Å². The Kier molecular flexibility index (Phi) is 5.06. The predicted molar refractivity (Wildman–Crippen MR) is 80.2 cm³/mol. The molecule has 0 saturated carbocycles. The van der Waals surface area contributed by atoms with E-state index >= 15 is 0 Å². The van der Waals surface area contributed by atoms with Crippen molar-refractivity contribution in [3.63, 3.8) is 0 Å². The minimum absolute atomic E-state index is 0.0567. The SMILES string of the molecule is CCCn1ncc(NCc2cc(F)ccc2F)c(Br)c1=O. The van der Waals surface area contributed by atoms with Crippen molar-refractivity contribution >= 4 is 21.6 Å². The number of hydrogen-bond donors (Lipinski definition) is 1. The first-order valence-electron chi connectivity index (χ1n) is 6.46. The van der Waals surface area contributed by atoms with Crippen LogP contribution in [0.2, 0.25) is 0 Å². The third-order valence-electron chi connectivity index (χ3n) is 2.90. The van der Waals surface area contributed by atoms with Crippen LogP contribution in [0.1, 0.15) is 18.9 Å². The summed E-state index contributed by atoms with van der Waals surface area (Å²) in [5.74, 6) is -1.02. The summed E-state index contributed by atoms with van der Waals surface area (Å²) in [6.45, 7) is 2.53. The Morgan fingerprint density at radius 1 is 1.38 bits per heavy atom. The Morgan fingerprint density at radius 2 is 2.14 bits per heavy atom. The largest absolute Gasteiger partial charge is 0.378 e. The van der Waals surface area contributed by atoms with E-state index in [1.165, 1.54) is 10.9 Å². The van der Waals surface area contributed by atoms with E-state index in [1.807, 2.05) is 6.92 Å². The van der Waals surface area contributed by atoms with E-state index in [2.05, 4.69) is 26.3 Å². The molecule has 0 aliphatic heterocycles. The van der Waals surface area contributed by atoms with Crippen molar-refractivity contribution in [2.45, 2.75) is 26.4 Å². The van der Waals surface area contributed by atoms with Crippen LogP contribution < -0.4 is 10.9 Å². The molecule has 2 aromatic rings. The maximum atomic E-state index is 13.5. The van der Waals surface area contributed by atoms with Gasteiger partial charge in [-0.1, -0.05) is 6.92 Å². The molecule has 1 N–H and O–H groups in total. The van der Waals surface area contributed by atoms with Crippen LogP contribution in [0, 0.1) is 11.6 Å². The minimum Gasteiger partial charge on any atom is -0.378 e. The quantitative estimate of drug-likeness (QED) is 0.892. The lowest BCUT2D eigenvalue weighted by Gasteiger charge is -2.10. The molecule has 7 heteroatoms. The Balaban J connectivity index is 2.19. The van der Waals surface area contributed by atoms with Crippen LogP contribution in [0.25, 0.3) is 0 Å². The van der Waals surface area contributed by atoms with E-state index in [0.29, 0.717) is 16.7 Å². The van der Waals surface area contributed by atoms with Crippen molar-refractivity contribution in [3.8, 4) is 0 Å². The van der Waals surface area contributed by atoms with Crippen LogP contribution in [-0.2, 0) is 13.1 Å². The molecule has 0 atom stereocenters. The van der Waals surface area contributed by atoms with Crippen LogP contribution in [0.15, 0.2) is 33.7 Å². The number of rotatable bonds is 5. The Hall–Kier alpha value is -1.76. The van der Waals surface area contributed by atoms with Gasteiger partial charge in [0.05, 0.1) is 11.9 Å². The fourth-order valence-corrected chi connectivity index (χ4v) is 2.28. The highest BCUT2D eigenvalue weighted by atomic mass is 79.9. The van der Waals surface area contributed by atoms with Gasteiger partial charge in [0.2, 0.25) is 0 Å². The van der Waals surface area contributed by atoms with Crippen molar-refractivity contribution < 1.29 is 8.78 Å². The van der Waals surface area contributed by atoms with Gasteiger partial charge in [-0.05, 0) is 40.5 Å². The van der Waals surface area contributed by atoms with Crippen LogP contribution in [-0.4, -0.2) is 9.78 Å². The molecular weight excluding hydrogens is 344 g/mol. The zero-order valence-corrected chi connectivity index (χ0v) is 13.0. The van der Waals surface area contributed by atoms with E-state index in [0.717, 1.165) is 24.6 Å². The molecule has 1 aromatic carbocycles. The number of aromatic nitrogens is 2. The molecule has 4 nitrogen and oxygen atoms in total. The highest BCUT2D eigenvalue weighted by molar-refractivity contribution is 9.10. The second-order valence-corrected chi connectivity index (χ2v) is 5.28. The first kappa shape index (κ1) is 15.6. The minimum atomic E-state index is -0.510. The number of hydrogen-bond acceptors (Lipinski definition) is 3. The highest BCUT2D eigenvalue weighted by Crippen LogP contribution is 2.18. The summed E-state index contributed by atoms with van der Waals surface area (Å²) in [6.07, 6.45) is 2.28. The number of nitrogens with one attached hydrogen (secondary N) is 1. The molecule has 0 fully saturated rings. The van der Waals surface area contributed by atoms with Crippen molar-refractivity contribution in [2.24, 2.45) is 0 Å². The molecule has 0 bridgehead atoms. The predicted octanol–water partition coefficient (Wildman–Crippen LogP) is 3.31. The first-order valence-corrected chi connectivity index (χ1v) is 7.25. The summed E-state index contributed by atoms with van der Waals surface area (Å²) < 4.78 is 28.3. The van der Waals surface area contributed by atoms with Gasteiger partial charge in [0, 0.05) is 18.7 Å².